The van der Waals surface area contributed by atoms with Crippen molar-refractivity contribution in [3.8, 4) is 0 Å². The maximum Gasteiger partial charge on any atom is 0.331 e. The molecule has 1 aromatic carbocycles. The molecule has 110 valence electrons. The molecule has 0 radical (unpaired) electrons. The van der Waals surface area contributed by atoms with Gasteiger partial charge in [0.1, 0.15) is 0 Å². The van der Waals surface area contributed by atoms with Crippen LogP contribution >= 0.6 is 27.5 Å². The van der Waals surface area contributed by atoms with Gasteiger partial charge in [0.2, 0.25) is 0 Å². The Labute approximate surface area is 133 Å². The van der Waals surface area contributed by atoms with E-state index in [-0.39, 0.29) is 10.6 Å². The highest BCUT2D eigenvalue weighted by Crippen LogP contribution is 2.22. The van der Waals surface area contributed by atoms with Gasteiger partial charge in [0, 0.05) is 23.3 Å². The zero-order chi connectivity index (χ0) is 15.6. The number of carboxylic acid groups (broad SMARTS) is 1. The molecule has 0 saturated carbocycles. The zero-order valence-electron chi connectivity index (χ0n) is 10.9. The first-order valence-electron chi connectivity index (χ1n) is 5.85. The first-order chi connectivity index (χ1) is 9.88. The Morgan fingerprint density at radius 3 is 2.71 bits per heavy atom. The van der Waals surface area contributed by atoms with Crippen molar-refractivity contribution in [1.82, 2.24) is 15.1 Å². The summed E-state index contributed by atoms with van der Waals surface area (Å²) in [5.74, 6) is -1.74. The number of nitrogens with zero attached hydrogens (tertiary/aromatic N) is 2. The fourth-order valence-electron chi connectivity index (χ4n) is 1.76. The average Bonchev–Trinajstić information content (AvgIpc) is 2.81. The van der Waals surface area contributed by atoms with Crippen LogP contribution in [0.1, 0.15) is 22.0 Å². The highest BCUT2D eigenvalue weighted by molar-refractivity contribution is 9.10. The molecule has 1 amide bonds. The van der Waals surface area contributed by atoms with Crippen LogP contribution in [-0.4, -0.2) is 26.8 Å². The van der Waals surface area contributed by atoms with Crippen LogP contribution in [-0.2, 0) is 11.8 Å². The Morgan fingerprint density at radius 2 is 2.19 bits per heavy atom. The number of carbonyl (C=O) groups is 2. The fourth-order valence-corrected chi connectivity index (χ4v) is 2.52. The van der Waals surface area contributed by atoms with Crippen LogP contribution in [0.15, 0.2) is 35.1 Å². The average molecular weight is 373 g/mol. The monoisotopic (exact) mass is 371 g/mol. The van der Waals surface area contributed by atoms with Crippen molar-refractivity contribution in [2.24, 2.45) is 7.05 Å². The molecule has 1 unspecified atom stereocenters. The molecular weight excluding hydrogens is 362 g/mol. The van der Waals surface area contributed by atoms with E-state index in [2.05, 4.69) is 26.3 Å². The predicted octanol–water partition coefficient (Wildman–Crippen LogP) is 2.39. The molecule has 1 aromatic heterocycles. The largest absolute Gasteiger partial charge is 0.479 e. The first kappa shape index (κ1) is 15.5. The summed E-state index contributed by atoms with van der Waals surface area (Å²) in [6.45, 7) is 0. The zero-order valence-corrected chi connectivity index (χ0v) is 13.2. The number of carbonyl (C=O) groups excluding carboxylic acids is 1. The number of aromatic nitrogens is 2. The lowest BCUT2D eigenvalue weighted by atomic mass is 10.1. The Balaban J connectivity index is 2.25. The summed E-state index contributed by atoms with van der Waals surface area (Å²) >= 11 is 9.22. The molecule has 2 aromatic rings. The van der Waals surface area contributed by atoms with Gasteiger partial charge in [-0.1, -0.05) is 27.5 Å². The molecule has 1 heterocycles. The van der Waals surface area contributed by atoms with Gasteiger partial charge in [-0.05, 0) is 18.2 Å². The molecular formula is C13H11BrClN3O3. The number of hydrogen-bond acceptors (Lipinski definition) is 3. The number of halogens is 2. The van der Waals surface area contributed by atoms with Crippen LogP contribution in [0.3, 0.4) is 0 Å². The van der Waals surface area contributed by atoms with Gasteiger partial charge in [-0.15, -0.1) is 0 Å². The van der Waals surface area contributed by atoms with Gasteiger partial charge in [0.15, 0.2) is 6.04 Å². The Morgan fingerprint density at radius 1 is 1.48 bits per heavy atom. The Bertz CT molecular complexity index is 702. The summed E-state index contributed by atoms with van der Waals surface area (Å²) in [5, 5.41) is 15.8. The van der Waals surface area contributed by atoms with Gasteiger partial charge in [-0.25, -0.2) is 4.79 Å². The number of carboxylic acids is 1. The summed E-state index contributed by atoms with van der Waals surface area (Å²) in [6, 6.07) is 3.55. The van der Waals surface area contributed by atoms with Crippen LogP contribution in [0.4, 0.5) is 0 Å². The predicted molar refractivity (Wildman–Crippen MR) is 80.2 cm³/mol. The highest BCUT2D eigenvalue weighted by Gasteiger charge is 2.24. The number of amides is 1. The van der Waals surface area contributed by atoms with Crippen LogP contribution in [0.25, 0.3) is 0 Å². The van der Waals surface area contributed by atoms with Crippen LogP contribution in [0.5, 0.6) is 0 Å². The molecule has 8 heteroatoms. The van der Waals surface area contributed by atoms with E-state index in [1.807, 2.05) is 0 Å². The number of rotatable bonds is 4. The molecule has 2 rings (SSSR count). The summed E-state index contributed by atoms with van der Waals surface area (Å²) < 4.78 is 2.19. The van der Waals surface area contributed by atoms with Crippen LogP contribution < -0.4 is 5.32 Å². The van der Waals surface area contributed by atoms with Crippen LogP contribution in [0, 0.1) is 0 Å². The summed E-state index contributed by atoms with van der Waals surface area (Å²) in [7, 11) is 1.66. The number of aryl methyl sites for hydroxylation is 1. The van der Waals surface area contributed by atoms with Crippen molar-refractivity contribution in [2.45, 2.75) is 6.04 Å². The number of aliphatic carboxylic acids is 1. The van der Waals surface area contributed by atoms with E-state index in [1.54, 1.807) is 19.2 Å². The minimum Gasteiger partial charge on any atom is -0.479 e. The SMILES string of the molecule is Cn1cc(C(NC(=O)c2ccc(Br)cc2Cl)C(=O)O)cn1. The molecule has 0 aliphatic heterocycles. The summed E-state index contributed by atoms with van der Waals surface area (Å²) in [5.41, 5.74) is 0.585. The second kappa shape index (κ2) is 6.28. The molecule has 0 saturated heterocycles. The van der Waals surface area contributed by atoms with Gasteiger partial charge in [-0.2, -0.15) is 5.10 Å². The van der Waals surface area contributed by atoms with Crippen molar-refractivity contribution in [1.29, 1.82) is 0 Å². The van der Waals surface area contributed by atoms with E-state index >= 15 is 0 Å². The van der Waals surface area contributed by atoms with Gasteiger partial charge in [0.25, 0.3) is 5.91 Å². The number of benzene rings is 1. The van der Waals surface area contributed by atoms with E-state index < -0.39 is 17.9 Å². The van der Waals surface area contributed by atoms with Crippen molar-refractivity contribution in [2.75, 3.05) is 0 Å². The van der Waals surface area contributed by atoms with Crippen LogP contribution in [0.2, 0.25) is 5.02 Å². The third kappa shape index (κ3) is 3.62. The molecule has 21 heavy (non-hydrogen) atoms. The lowest BCUT2D eigenvalue weighted by Crippen LogP contribution is -2.33. The standard InChI is InChI=1S/C13H11BrClN3O3/c1-18-6-7(5-16-18)11(13(20)21)17-12(19)9-3-2-8(14)4-10(9)15/h2-6,11H,1H3,(H,17,19)(H,20,21). The normalized spacial score (nSPS) is 12.0. The smallest absolute Gasteiger partial charge is 0.331 e. The lowest BCUT2D eigenvalue weighted by molar-refractivity contribution is -0.139. The van der Waals surface area contributed by atoms with Crippen molar-refractivity contribution in [3.63, 3.8) is 0 Å². The molecule has 6 nitrogen and oxygen atoms in total. The molecule has 1 atom stereocenters. The molecule has 2 N–H and O–H groups in total. The number of nitrogens with one attached hydrogen (secondary N) is 1. The topological polar surface area (TPSA) is 84.2 Å². The van der Waals surface area contributed by atoms with Crippen molar-refractivity contribution >= 4 is 39.4 Å². The Kier molecular flexibility index (Phi) is 4.64. The minimum absolute atomic E-state index is 0.204. The summed E-state index contributed by atoms with van der Waals surface area (Å²) in [6.07, 6.45) is 2.92. The lowest BCUT2D eigenvalue weighted by Gasteiger charge is -2.13. The van der Waals surface area contributed by atoms with Crippen molar-refractivity contribution < 1.29 is 14.7 Å². The quantitative estimate of drug-likeness (QED) is 0.863. The van der Waals surface area contributed by atoms with E-state index in [4.69, 9.17) is 11.6 Å². The molecule has 0 fully saturated rings. The maximum atomic E-state index is 12.2. The second-order valence-corrected chi connectivity index (χ2v) is 5.64. The molecule has 0 aliphatic carbocycles. The summed E-state index contributed by atoms with van der Waals surface area (Å²) in [4.78, 5) is 23.5. The van der Waals surface area contributed by atoms with Gasteiger partial charge < -0.3 is 10.4 Å². The molecule has 0 spiro atoms. The third-order valence-electron chi connectivity index (χ3n) is 2.76. The molecule has 0 aliphatic rings. The Hall–Kier alpha value is -1.86. The van der Waals surface area contributed by atoms with Gasteiger partial charge >= 0.3 is 5.97 Å². The fraction of sp³-hybridized carbons (Fsp3) is 0.154. The first-order valence-corrected chi connectivity index (χ1v) is 7.03. The third-order valence-corrected chi connectivity index (χ3v) is 3.56. The minimum atomic E-state index is -1.19. The maximum absolute atomic E-state index is 12.2. The van der Waals surface area contributed by atoms with E-state index in [0.717, 1.165) is 4.47 Å². The number of hydrogen-bond donors (Lipinski definition) is 2. The highest BCUT2D eigenvalue weighted by atomic mass is 79.9. The second-order valence-electron chi connectivity index (χ2n) is 4.32. The van der Waals surface area contributed by atoms with E-state index in [0.29, 0.717) is 5.56 Å². The van der Waals surface area contributed by atoms with E-state index in [9.17, 15) is 14.7 Å². The van der Waals surface area contributed by atoms with E-state index in [1.165, 1.54) is 23.1 Å². The van der Waals surface area contributed by atoms with Crippen molar-refractivity contribution in [3.05, 3.63) is 51.2 Å². The van der Waals surface area contributed by atoms with Gasteiger partial charge in [0.05, 0.1) is 16.8 Å². The van der Waals surface area contributed by atoms with Gasteiger partial charge in [-0.3, -0.25) is 9.48 Å². The molecule has 0 bridgehead atoms.